The molecule has 2 aliphatic rings. The Morgan fingerprint density at radius 1 is 0.951 bits per heavy atom. The van der Waals surface area contributed by atoms with E-state index in [0.717, 1.165) is 30.5 Å². The van der Waals surface area contributed by atoms with Crippen molar-refractivity contribution in [3.8, 4) is 0 Å². The van der Waals surface area contributed by atoms with Gasteiger partial charge in [0, 0.05) is 44.6 Å². The molecule has 0 unspecified atom stereocenters. The molecular formula is C31H36FN5O2S2. The molecule has 1 aromatic carbocycles. The van der Waals surface area contributed by atoms with Crippen LogP contribution in [0.15, 0.2) is 52.3 Å². The van der Waals surface area contributed by atoms with E-state index in [-0.39, 0.29) is 17.3 Å². The van der Waals surface area contributed by atoms with Gasteiger partial charge in [-0.15, -0.1) is 0 Å². The van der Waals surface area contributed by atoms with Gasteiger partial charge in [0.15, 0.2) is 0 Å². The third-order valence-corrected chi connectivity index (χ3v) is 9.02. The number of aryl methyl sites for hydroxylation is 1. The second kappa shape index (κ2) is 13.2. The lowest BCUT2D eigenvalue weighted by Gasteiger charge is -2.37. The monoisotopic (exact) mass is 593 g/mol. The van der Waals surface area contributed by atoms with Crippen molar-refractivity contribution < 1.29 is 9.18 Å². The Morgan fingerprint density at radius 3 is 2.37 bits per heavy atom. The first-order chi connectivity index (χ1) is 19.9. The maximum Gasteiger partial charge on any atom is 0.267 e. The molecule has 2 saturated heterocycles. The van der Waals surface area contributed by atoms with E-state index in [1.165, 1.54) is 43.2 Å². The number of anilines is 2. The minimum absolute atomic E-state index is 0.144. The molecule has 216 valence electrons. The highest BCUT2D eigenvalue weighted by Gasteiger charge is 2.33. The van der Waals surface area contributed by atoms with Crippen molar-refractivity contribution in [1.82, 2.24) is 14.3 Å². The third-order valence-electron chi connectivity index (χ3n) is 7.64. The predicted molar refractivity (Wildman–Crippen MR) is 170 cm³/mol. The molecule has 0 spiro atoms. The smallest absolute Gasteiger partial charge is 0.267 e. The van der Waals surface area contributed by atoms with Gasteiger partial charge in [0.05, 0.1) is 10.5 Å². The SMILES string of the molecule is CCCCCCCCN1C(=O)C(=Cc2c(N3CCN(c4ccc(F)cc4)CC3)nc3ccc(C)cn3c2=O)SC1=S. The third kappa shape index (κ3) is 6.64. The van der Waals surface area contributed by atoms with Crippen LogP contribution in [0.3, 0.4) is 0 Å². The Morgan fingerprint density at radius 2 is 1.63 bits per heavy atom. The quantitative estimate of drug-likeness (QED) is 0.162. The first-order valence-corrected chi connectivity index (χ1v) is 15.6. The fourth-order valence-corrected chi connectivity index (χ4v) is 6.61. The summed E-state index contributed by atoms with van der Waals surface area (Å²) in [5, 5.41) is 0. The second-order valence-electron chi connectivity index (χ2n) is 10.6. The molecule has 0 N–H and O–H groups in total. The van der Waals surface area contributed by atoms with Crippen LogP contribution in [0.2, 0.25) is 0 Å². The number of halogens is 1. The van der Waals surface area contributed by atoms with Crippen molar-refractivity contribution in [1.29, 1.82) is 0 Å². The number of nitrogens with zero attached hydrogens (tertiary/aromatic N) is 5. The predicted octanol–water partition coefficient (Wildman–Crippen LogP) is 6.03. The first kappa shape index (κ1) is 29.3. The molecule has 0 aliphatic carbocycles. The van der Waals surface area contributed by atoms with E-state index >= 15 is 0 Å². The van der Waals surface area contributed by atoms with Crippen molar-refractivity contribution in [2.75, 3.05) is 42.5 Å². The van der Waals surface area contributed by atoms with Gasteiger partial charge in [0.25, 0.3) is 11.5 Å². The number of fused-ring (bicyclic) bond motifs is 1. The highest BCUT2D eigenvalue weighted by Crippen LogP contribution is 2.34. The number of carbonyl (C=O) groups is 1. The number of pyridine rings is 1. The van der Waals surface area contributed by atoms with Gasteiger partial charge in [0.1, 0.15) is 21.6 Å². The van der Waals surface area contributed by atoms with E-state index in [2.05, 4.69) is 16.7 Å². The summed E-state index contributed by atoms with van der Waals surface area (Å²) in [6.07, 6.45) is 10.3. The molecule has 0 bridgehead atoms. The summed E-state index contributed by atoms with van der Waals surface area (Å²) >= 11 is 6.83. The topological polar surface area (TPSA) is 61.2 Å². The standard InChI is InChI=1S/C31H36FN5O2S2/c1-3-4-5-6-7-8-15-36-30(39)26(41-31(36)40)20-25-28(33-27-14-9-22(2)21-37(27)29(25)38)35-18-16-34(17-19-35)24-12-10-23(32)11-13-24/h9-14,20-21H,3-8,15-19H2,1-2H3. The molecule has 4 heterocycles. The number of hydrogen-bond donors (Lipinski definition) is 0. The Bertz CT molecular complexity index is 1510. The van der Waals surface area contributed by atoms with E-state index in [1.807, 2.05) is 19.1 Å². The summed E-state index contributed by atoms with van der Waals surface area (Å²) in [5.41, 5.74) is 2.64. The van der Waals surface area contributed by atoms with Gasteiger partial charge in [-0.2, -0.15) is 0 Å². The number of benzene rings is 1. The van der Waals surface area contributed by atoms with Crippen LogP contribution in [0.1, 0.15) is 56.6 Å². The molecule has 2 aromatic heterocycles. The van der Waals surface area contributed by atoms with Crippen LogP contribution in [0.5, 0.6) is 0 Å². The van der Waals surface area contributed by atoms with Crippen LogP contribution < -0.4 is 15.4 Å². The van der Waals surface area contributed by atoms with E-state index in [4.69, 9.17) is 17.2 Å². The Kier molecular flexibility index (Phi) is 9.39. The fourth-order valence-electron chi connectivity index (χ4n) is 5.32. The minimum Gasteiger partial charge on any atom is -0.368 e. The van der Waals surface area contributed by atoms with E-state index in [0.29, 0.717) is 59.0 Å². The zero-order chi connectivity index (χ0) is 28.9. The van der Waals surface area contributed by atoms with E-state index in [1.54, 1.807) is 33.7 Å². The summed E-state index contributed by atoms with van der Waals surface area (Å²) in [6.45, 7) is 7.38. The van der Waals surface area contributed by atoms with Gasteiger partial charge in [-0.25, -0.2) is 9.37 Å². The van der Waals surface area contributed by atoms with Crippen molar-refractivity contribution in [2.24, 2.45) is 0 Å². The molecule has 0 saturated carbocycles. The molecule has 2 aliphatic heterocycles. The minimum atomic E-state index is -0.259. The average molecular weight is 594 g/mol. The molecule has 10 heteroatoms. The van der Waals surface area contributed by atoms with Crippen LogP contribution in [0.25, 0.3) is 11.7 Å². The van der Waals surface area contributed by atoms with E-state index < -0.39 is 0 Å². The van der Waals surface area contributed by atoms with Crippen LogP contribution in [-0.2, 0) is 4.79 Å². The highest BCUT2D eigenvalue weighted by atomic mass is 32.2. The van der Waals surface area contributed by atoms with Gasteiger partial charge in [-0.1, -0.05) is 69.1 Å². The van der Waals surface area contributed by atoms with Gasteiger partial charge in [0.2, 0.25) is 0 Å². The molecule has 0 atom stereocenters. The number of thioether (sulfide) groups is 1. The van der Waals surface area contributed by atoms with Gasteiger partial charge < -0.3 is 9.80 Å². The summed E-state index contributed by atoms with van der Waals surface area (Å²) < 4.78 is 15.5. The van der Waals surface area contributed by atoms with Gasteiger partial charge >= 0.3 is 0 Å². The average Bonchev–Trinajstić information content (AvgIpc) is 3.24. The maximum atomic E-state index is 13.9. The number of aromatic nitrogens is 2. The molecule has 0 radical (unpaired) electrons. The lowest BCUT2D eigenvalue weighted by atomic mass is 10.1. The zero-order valence-electron chi connectivity index (χ0n) is 23.6. The van der Waals surface area contributed by atoms with Crippen molar-refractivity contribution in [3.63, 3.8) is 0 Å². The first-order valence-electron chi connectivity index (χ1n) is 14.4. The number of thiocarbonyl (C=S) groups is 1. The van der Waals surface area contributed by atoms with Crippen LogP contribution >= 0.6 is 24.0 Å². The molecule has 1 amide bonds. The lowest BCUT2D eigenvalue weighted by molar-refractivity contribution is -0.122. The maximum absolute atomic E-state index is 13.9. The van der Waals surface area contributed by atoms with Crippen molar-refractivity contribution in [2.45, 2.75) is 52.4 Å². The summed E-state index contributed by atoms with van der Waals surface area (Å²) in [4.78, 5) is 38.6. The molecule has 5 rings (SSSR count). The van der Waals surface area contributed by atoms with E-state index in [9.17, 15) is 14.0 Å². The summed E-state index contributed by atoms with van der Waals surface area (Å²) in [5.74, 6) is 0.165. The fraction of sp³-hybridized carbons (Fsp3) is 0.419. The van der Waals surface area contributed by atoms with Gasteiger partial charge in [-0.05, 0) is 55.3 Å². The van der Waals surface area contributed by atoms with Crippen LogP contribution in [0, 0.1) is 12.7 Å². The summed E-state index contributed by atoms with van der Waals surface area (Å²) in [7, 11) is 0. The largest absolute Gasteiger partial charge is 0.368 e. The Labute approximate surface area is 250 Å². The number of hydrogen-bond acceptors (Lipinski definition) is 7. The van der Waals surface area contributed by atoms with Crippen molar-refractivity contribution >= 4 is 57.4 Å². The highest BCUT2D eigenvalue weighted by molar-refractivity contribution is 8.26. The molecular weight excluding hydrogens is 558 g/mol. The lowest BCUT2D eigenvalue weighted by Crippen LogP contribution is -2.47. The molecule has 2 fully saturated rings. The number of carbonyl (C=O) groups excluding carboxylic acids is 1. The second-order valence-corrected chi connectivity index (χ2v) is 12.3. The van der Waals surface area contributed by atoms with Crippen molar-refractivity contribution in [3.05, 3.63) is 74.8 Å². The van der Waals surface area contributed by atoms with Crippen LogP contribution in [-0.4, -0.2) is 57.2 Å². The number of rotatable bonds is 10. The van der Waals surface area contributed by atoms with Gasteiger partial charge in [-0.3, -0.25) is 18.9 Å². The molecule has 7 nitrogen and oxygen atoms in total. The number of piperazine rings is 1. The number of unbranched alkanes of at least 4 members (excludes halogenated alkanes) is 5. The van der Waals surface area contributed by atoms with Crippen LogP contribution in [0.4, 0.5) is 15.9 Å². The molecule has 3 aromatic rings. The zero-order valence-corrected chi connectivity index (χ0v) is 25.3. The number of amides is 1. The molecule has 41 heavy (non-hydrogen) atoms. The Hall–Kier alpha value is -3.24. The summed E-state index contributed by atoms with van der Waals surface area (Å²) in [6, 6.07) is 10.3. The normalized spacial score (nSPS) is 17.0. The Balaban J connectivity index is 1.40.